The van der Waals surface area contributed by atoms with Crippen molar-refractivity contribution in [1.82, 2.24) is 9.97 Å². The van der Waals surface area contributed by atoms with Gasteiger partial charge in [0.25, 0.3) is 0 Å². The van der Waals surface area contributed by atoms with Crippen LogP contribution in [0.25, 0.3) is 77.5 Å². The maximum atomic E-state index is 13.2. The summed E-state index contributed by atoms with van der Waals surface area (Å²) >= 11 is -1.86. The van der Waals surface area contributed by atoms with E-state index in [1.165, 1.54) is 33.2 Å². The molecule has 4 heterocycles. The molecule has 0 amide bonds. The zero-order valence-corrected chi connectivity index (χ0v) is 38.1. The van der Waals surface area contributed by atoms with Gasteiger partial charge in [-0.3, -0.25) is 0 Å². The molecule has 0 aliphatic carbocycles. The number of rotatable bonds is 5. The molecule has 4 nitrogen and oxygen atoms in total. The van der Waals surface area contributed by atoms with Gasteiger partial charge < -0.3 is 13.8 Å². The SMILES string of the molecule is Cc1cc(-c2[c-]ccc(F)c2)nc[c]1[Ge]([CH3])([CH3])[CH3].Cc1cnc(-c2[c-]ccc3c2oc2cc(-c4ccc5oc6ccccc6c5c4)ccc23)cc1CC(C)(C)C.[Ir]. The zero-order chi connectivity index (χ0) is 39.4. The summed E-state index contributed by atoms with van der Waals surface area (Å²) in [4.78, 5) is 9.24. The maximum absolute atomic E-state index is 13.2. The van der Waals surface area contributed by atoms with Crippen LogP contribution in [0.2, 0.25) is 17.3 Å². The summed E-state index contributed by atoms with van der Waals surface area (Å²) in [5, 5.41) is 4.43. The fraction of sp³-hybridized carbons (Fsp3) is 0.200. The van der Waals surface area contributed by atoms with Crippen LogP contribution in [0.15, 0.2) is 124 Å². The van der Waals surface area contributed by atoms with Gasteiger partial charge in [-0.2, -0.15) is 0 Å². The zero-order valence-electron chi connectivity index (χ0n) is 33.6. The third kappa shape index (κ3) is 8.41. The van der Waals surface area contributed by atoms with E-state index in [0.717, 1.165) is 78.4 Å². The maximum Gasteiger partial charge on any atom is 0.135 e. The standard InChI is InChI=1S/C35H28NO2.C15H17FGeN.Ir/c1-21-20-36-30(17-24(21)19-35(2,3)4)28-10-7-9-27-26-14-12-23(18-33(26)38-34(27)28)22-13-15-32-29(16-22)25-8-5-6-11-31(25)37-32;1-11-8-15(12-6-5-7-13(16)9-12)18-10-14(11)17(2,3)4;/h5-9,11-18,20H,19H2,1-4H3;5,7-10H,1-4H3;/q2*-1;. The number of fused-ring (bicyclic) bond motifs is 6. The van der Waals surface area contributed by atoms with E-state index in [2.05, 4.69) is 124 Å². The van der Waals surface area contributed by atoms with Crippen molar-refractivity contribution in [3.63, 3.8) is 0 Å². The quantitative estimate of drug-likeness (QED) is 0.127. The minimum absolute atomic E-state index is 0. The monoisotopic (exact) mass is 991 g/mol. The van der Waals surface area contributed by atoms with Crippen molar-refractivity contribution < 1.29 is 33.3 Å². The number of aryl methyl sites for hydroxylation is 2. The molecule has 4 aromatic heterocycles. The van der Waals surface area contributed by atoms with Gasteiger partial charge in [0, 0.05) is 42.5 Å². The van der Waals surface area contributed by atoms with Gasteiger partial charge in [0.15, 0.2) is 0 Å². The molecule has 0 saturated carbocycles. The summed E-state index contributed by atoms with van der Waals surface area (Å²) in [5.41, 5.74) is 13.0. The van der Waals surface area contributed by atoms with E-state index in [0.29, 0.717) is 5.56 Å². The third-order valence-corrected chi connectivity index (χ3v) is 14.8. The molecular formula is C50H45FGeIrN2O2-2. The number of hydrogen-bond acceptors (Lipinski definition) is 4. The van der Waals surface area contributed by atoms with Crippen LogP contribution in [0, 0.1) is 37.2 Å². The van der Waals surface area contributed by atoms with E-state index >= 15 is 0 Å². The Hall–Kier alpha value is -4.88. The molecule has 0 fully saturated rings. The van der Waals surface area contributed by atoms with E-state index in [1.54, 1.807) is 6.07 Å². The van der Waals surface area contributed by atoms with E-state index in [1.807, 2.05) is 42.7 Å². The van der Waals surface area contributed by atoms with E-state index in [9.17, 15) is 4.39 Å². The molecule has 9 aromatic rings. The molecule has 0 saturated heterocycles. The first-order valence-corrected chi connectivity index (χ1v) is 26.5. The smallest absolute Gasteiger partial charge is 0.135 e. The number of para-hydroxylation sites is 1. The Kier molecular flexibility index (Phi) is 11.2. The predicted molar refractivity (Wildman–Crippen MR) is 233 cm³/mol. The molecule has 0 aliphatic heterocycles. The van der Waals surface area contributed by atoms with Gasteiger partial charge in [-0.05, 0) is 65.4 Å². The summed E-state index contributed by atoms with van der Waals surface area (Å²) in [6, 6.07) is 40.2. The summed E-state index contributed by atoms with van der Waals surface area (Å²) < 4.78 is 27.1. The Balaban J connectivity index is 0.000000221. The molecule has 0 aliphatic rings. The van der Waals surface area contributed by atoms with Gasteiger partial charge in [-0.15, -0.1) is 18.2 Å². The third-order valence-electron chi connectivity index (χ3n) is 10.3. The Morgan fingerprint density at radius 3 is 2.11 bits per heavy atom. The van der Waals surface area contributed by atoms with Crippen LogP contribution < -0.4 is 4.40 Å². The molecule has 0 bridgehead atoms. The van der Waals surface area contributed by atoms with Gasteiger partial charge in [-0.25, -0.2) is 0 Å². The summed E-state index contributed by atoms with van der Waals surface area (Å²) in [5.74, 6) is 6.79. The van der Waals surface area contributed by atoms with Gasteiger partial charge in [-0.1, -0.05) is 79.7 Å². The number of pyridine rings is 2. The molecule has 57 heavy (non-hydrogen) atoms. The van der Waals surface area contributed by atoms with Crippen molar-refractivity contribution >= 4 is 61.5 Å². The first-order chi connectivity index (χ1) is 26.7. The molecular weight excluding hydrogens is 944 g/mol. The summed E-state index contributed by atoms with van der Waals surface area (Å²) in [6.45, 7) is 11.0. The molecule has 0 unspecified atom stereocenters. The molecule has 5 aromatic carbocycles. The number of halogens is 1. The fourth-order valence-electron chi connectivity index (χ4n) is 7.56. The minimum atomic E-state index is -1.86. The molecule has 7 heteroatoms. The summed E-state index contributed by atoms with van der Waals surface area (Å²) in [6.07, 6.45) is 4.92. The van der Waals surface area contributed by atoms with Crippen molar-refractivity contribution in [3.8, 4) is 33.6 Å². The first-order valence-electron chi connectivity index (χ1n) is 19.1. The van der Waals surface area contributed by atoms with Crippen LogP contribution in [0.4, 0.5) is 4.39 Å². The van der Waals surface area contributed by atoms with Crippen molar-refractivity contribution in [3.05, 3.63) is 150 Å². The molecule has 0 N–H and O–H groups in total. The minimum Gasteiger partial charge on any atom is -0.501 e. The second-order valence-electron chi connectivity index (χ2n) is 17.0. The van der Waals surface area contributed by atoms with Crippen molar-refractivity contribution in [1.29, 1.82) is 0 Å². The average molecular weight is 990 g/mol. The van der Waals surface area contributed by atoms with Crippen molar-refractivity contribution in [2.75, 3.05) is 0 Å². The van der Waals surface area contributed by atoms with Gasteiger partial charge in [0.05, 0.1) is 5.58 Å². The van der Waals surface area contributed by atoms with Crippen LogP contribution in [-0.2, 0) is 26.5 Å². The topological polar surface area (TPSA) is 52.1 Å². The fourth-order valence-corrected chi connectivity index (χ4v) is 11.1. The second-order valence-corrected chi connectivity index (χ2v) is 27.6. The molecule has 0 atom stereocenters. The number of aromatic nitrogens is 2. The normalized spacial score (nSPS) is 11.9. The summed E-state index contributed by atoms with van der Waals surface area (Å²) in [7, 11) is 0. The molecule has 9 rings (SSSR count). The van der Waals surface area contributed by atoms with Gasteiger partial charge >= 0.3 is 110 Å². The van der Waals surface area contributed by atoms with Crippen LogP contribution in [0.3, 0.4) is 0 Å². The molecule has 0 spiro atoms. The second kappa shape index (κ2) is 15.8. The van der Waals surface area contributed by atoms with Crippen LogP contribution in [-0.4, -0.2) is 23.2 Å². The first kappa shape index (κ1) is 40.3. The van der Waals surface area contributed by atoms with Crippen molar-refractivity contribution in [2.24, 2.45) is 5.41 Å². The Morgan fingerprint density at radius 1 is 0.649 bits per heavy atom. The predicted octanol–water partition coefficient (Wildman–Crippen LogP) is 13.5. The van der Waals surface area contributed by atoms with Crippen LogP contribution in [0.5, 0.6) is 0 Å². The number of benzene rings is 5. The van der Waals surface area contributed by atoms with Crippen molar-refractivity contribution in [2.45, 2.75) is 58.3 Å². The Morgan fingerprint density at radius 2 is 1.35 bits per heavy atom. The van der Waals surface area contributed by atoms with Gasteiger partial charge in [0.1, 0.15) is 16.7 Å². The number of nitrogens with zero attached hydrogens (tertiary/aromatic N) is 2. The Bertz CT molecular complexity index is 2910. The van der Waals surface area contributed by atoms with E-state index < -0.39 is 13.3 Å². The van der Waals surface area contributed by atoms with E-state index in [-0.39, 0.29) is 31.3 Å². The largest absolute Gasteiger partial charge is 0.501 e. The van der Waals surface area contributed by atoms with Crippen LogP contribution in [0.1, 0.15) is 37.5 Å². The molecule has 289 valence electrons. The van der Waals surface area contributed by atoms with Crippen LogP contribution >= 0.6 is 0 Å². The number of hydrogen-bond donors (Lipinski definition) is 0. The Labute approximate surface area is 350 Å². The molecule has 1 radical (unpaired) electrons. The van der Waals surface area contributed by atoms with Gasteiger partial charge in [0.2, 0.25) is 0 Å². The average Bonchev–Trinajstić information content (AvgIpc) is 3.72. The number of furan rings is 2. The van der Waals surface area contributed by atoms with E-state index in [4.69, 9.17) is 13.8 Å².